The van der Waals surface area contributed by atoms with Crippen LogP contribution in [0.4, 0.5) is 0 Å². The molecule has 2 aromatic rings. The number of alkyl halides is 1. The topological polar surface area (TPSA) is 9.23 Å². The van der Waals surface area contributed by atoms with Crippen LogP contribution >= 0.6 is 38.9 Å². The van der Waals surface area contributed by atoms with Gasteiger partial charge in [0.2, 0.25) is 0 Å². The highest BCUT2D eigenvalue weighted by molar-refractivity contribution is 9.10. The van der Waals surface area contributed by atoms with Gasteiger partial charge in [-0.1, -0.05) is 12.1 Å². The molecule has 0 saturated carbocycles. The summed E-state index contributed by atoms with van der Waals surface area (Å²) in [4.78, 5) is 2.52. The molecule has 1 nitrogen and oxygen atoms in total. The van der Waals surface area contributed by atoms with Crippen LogP contribution in [0.5, 0.6) is 5.75 Å². The number of hydrogen-bond donors (Lipinski definition) is 0. The number of aryl methyl sites for hydroxylation is 2. The molecule has 0 radical (unpaired) electrons. The fourth-order valence-electron chi connectivity index (χ4n) is 1.93. The summed E-state index contributed by atoms with van der Waals surface area (Å²) in [6.07, 6.45) is 1.91. The van der Waals surface area contributed by atoms with Crippen molar-refractivity contribution in [2.45, 2.75) is 25.1 Å². The van der Waals surface area contributed by atoms with Crippen molar-refractivity contribution >= 4 is 38.9 Å². The van der Waals surface area contributed by atoms with Crippen LogP contribution in [0.15, 0.2) is 34.8 Å². The van der Waals surface area contributed by atoms with Gasteiger partial charge in [-0.3, -0.25) is 0 Å². The Labute approximate surface area is 131 Å². The zero-order valence-electron chi connectivity index (χ0n) is 11.0. The molecule has 0 saturated heterocycles. The van der Waals surface area contributed by atoms with Crippen molar-refractivity contribution in [3.63, 3.8) is 0 Å². The van der Waals surface area contributed by atoms with E-state index in [1.807, 2.05) is 12.1 Å². The molecule has 1 atom stereocenters. The van der Waals surface area contributed by atoms with Crippen LogP contribution in [0, 0.1) is 6.92 Å². The SMILES string of the molecule is COc1ccc(CCC(Cl)c2sc(C)cc2Br)cc1. The average Bonchev–Trinajstić information content (AvgIpc) is 2.75. The number of thiophene rings is 1. The van der Waals surface area contributed by atoms with E-state index < -0.39 is 0 Å². The monoisotopic (exact) mass is 358 g/mol. The first-order chi connectivity index (χ1) is 9.10. The molecular formula is C15H16BrClOS. The van der Waals surface area contributed by atoms with Crippen LogP contribution in [0.25, 0.3) is 0 Å². The Bertz CT molecular complexity index is 536. The lowest BCUT2D eigenvalue weighted by Gasteiger charge is -2.09. The second-order valence-corrected chi connectivity index (χ2v) is 7.09. The number of halogens is 2. The van der Waals surface area contributed by atoms with Crippen LogP contribution in [-0.4, -0.2) is 7.11 Å². The Morgan fingerprint density at radius 2 is 2.00 bits per heavy atom. The molecule has 0 fully saturated rings. The molecule has 0 aliphatic carbocycles. The van der Waals surface area contributed by atoms with Gasteiger partial charge in [-0.15, -0.1) is 22.9 Å². The summed E-state index contributed by atoms with van der Waals surface area (Å²) in [5.41, 5.74) is 1.29. The lowest BCUT2D eigenvalue weighted by atomic mass is 10.1. The Hall–Kier alpha value is -0.510. The van der Waals surface area contributed by atoms with Gasteiger partial charge in [0.15, 0.2) is 0 Å². The van der Waals surface area contributed by atoms with Gasteiger partial charge in [-0.2, -0.15) is 0 Å². The van der Waals surface area contributed by atoms with Gasteiger partial charge in [0, 0.05) is 14.2 Å². The molecule has 0 aliphatic rings. The highest BCUT2D eigenvalue weighted by atomic mass is 79.9. The predicted octanol–water partition coefficient (Wildman–Crippen LogP) is 5.74. The van der Waals surface area contributed by atoms with E-state index in [1.54, 1.807) is 18.4 Å². The third kappa shape index (κ3) is 3.98. The zero-order chi connectivity index (χ0) is 13.8. The van der Waals surface area contributed by atoms with E-state index in [1.165, 1.54) is 15.3 Å². The molecule has 4 heteroatoms. The van der Waals surface area contributed by atoms with Gasteiger partial charge in [-0.05, 0) is 59.5 Å². The van der Waals surface area contributed by atoms with Crippen LogP contribution in [0.3, 0.4) is 0 Å². The molecule has 102 valence electrons. The molecule has 0 aliphatic heterocycles. The molecule has 0 spiro atoms. The Balaban J connectivity index is 1.96. The van der Waals surface area contributed by atoms with Crippen molar-refractivity contribution in [1.29, 1.82) is 0 Å². The Morgan fingerprint density at radius 1 is 1.32 bits per heavy atom. The number of methoxy groups -OCH3 is 1. The fourth-order valence-corrected chi connectivity index (χ4v) is 4.36. The van der Waals surface area contributed by atoms with E-state index in [-0.39, 0.29) is 5.38 Å². The summed E-state index contributed by atoms with van der Waals surface area (Å²) in [5, 5.41) is 0.0650. The summed E-state index contributed by atoms with van der Waals surface area (Å²) in [6.45, 7) is 2.10. The summed E-state index contributed by atoms with van der Waals surface area (Å²) < 4.78 is 6.28. The second-order valence-electron chi connectivity index (χ2n) is 4.42. The first-order valence-electron chi connectivity index (χ1n) is 6.13. The third-order valence-corrected chi connectivity index (χ3v) is 5.61. The lowest BCUT2D eigenvalue weighted by molar-refractivity contribution is 0.414. The van der Waals surface area contributed by atoms with E-state index in [0.717, 1.165) is 23.1 Å². The van der Waals surface area contributed by atoms with Crippen molar-refractivity contribution in [2.75, 3.05) is 7.11 Å². The zero-order valence-corrected chi connectivity index (χ0v) is 14.1. The Kier molecular flexibility index (Phi) is 5.31. The van der Waals surface area contributed by atoms with E-state index in [0.29, 0.717) is 0 Å². The Morgan fingerprint density at radius 3 is 2.53 bits per heavy atom. The summed E-state index contributed by atoms with van der Waals surface area (Å²) >= 11 is 11.8. The molecule has 0 bridgehead atoms. The van der Waals surface area contributed by atoms with E-state index in [2.05, 4.69) is 41.1 Å². The smallest absolute Gasteiger partial charge is 0.118 e. The maximum Gasteiger partial charge on any atom is 0.118 e. The minimum absolute atomic E-state index is 0.0650. The molecule has 1 aromatic heterocycles. The number of benzene rings is 1. The highest BCUT2D eigenvalue weighted by Gasteiger charge is 2.14. The van der Waals surface area contributed by atoms with Crippen molar-refractivity contribution in [3.8, 4) is 5.75 Å². The average molecular weight is 360 g/mol. The van der Waals surface area contributed by atoms with Gasteiger partial charge in [0.1, 0.15) is 5.75 Å². The summed E-state index contributed by atoms with van der Waals surface area (Å²) in [6, 6.07) is 10.3. The normalized spacial score (nSPS) is 12.4. The molecule has 1 aromatic carbocycles. The maximum atomic E-state index is 6.49. The van der Waals surface area contributed by atoms with Gasteiger partial charge in [-0.25, -0.2) is 0 Å². The highest BCUT2D eigenvalue weighted by Crippen LogP contribution is 2.37. The van der Waals surface area contributed by atoms with Crippen molar-refractivity contribution < 1.29 is 4.74 Å². The van der Waals surface area contributed by atoms with Crippen LogP contribution in [0.1, 0.15) is 27.1 Å². The van der Waals surface area contributed by atoms with E-state index in [4.69, 9.17) is 16.3 Å². The largest absolute Gasteiger partial charge is 0.497 e. The van der Waals surface area contributed by atoms with E-state index >= 15 is 0 Å². The van der Waals surface area contributed by atoms with Gasteiger partial charge >= 0.3 is 0 Å². The van der Waals surface area contributed by atoms with Crippen LogP contribution in [-0.2, 0) is 6.42 Å². The first-order valence-corrected chi connectivity index (χ1v) is 8.17. The van der Waals surface area contributed by atoms with E-state index in [9.17, 15) is 0 Å². The first kappa shape index (κ1) is 14.9. The van der Waals surface area contributed by atoms with Crippen molar-refractivity contribution in [1.82, 2.24) is 0 Å². The van der Waals surface area contributed by atoms with Gasteiger partial charge < -0.3 is 4.74 Å². The molecule has 0 N–H and O–H groups in total. The maximum absolute atomic E-state index is 6.49. The second kappa shape index (κ2) is 6.78. The predicted molar refractivity (Wildman–Crippen MR) is 86.7 cm³/mol. The summed E-state index contributed by atoms with van der Waals surface area (Å²) in [5.74, 6) is 0.891. The van der Waals surface area contributed by atoms with Crippen molar-refractivity contribution in [2.24, 2.45) is 0 Å². The number of rotatable bonds is 5. The van der Waals surface area contributed by atoms with Crippen LogP contribution < -0.4 is 4.74 Å². The molecular weight excluding hydrogens is 344 g/mol. The van der Waals surface area contributed by atoms with Gasteiger partial charge in [0.25, 0.3) is 0 Å². The third-order valence-electron chi connectivity index (χ3n) is 2.97. The molecule has 1 heterocycles. The van der Waals surface area contributed by atoms with Gasteiger partial charge in [0.05, 0.1) is 12.5 Å². The molecule has 1 unspecified atom stereocenters. The molecule has 2 rings (SSSR count). The fraction of sp³-hybridized carbons (Fsp3) is 0.333. The molecule has 0 amide bonds. The standard InChI is InChI=1S/C15H16BrClOS/c1-10-9-13(16)15(19-10)14(17)8-5-11-3-6-12(18-2)7-4-11/h3-4,6-7,9,14H,5,8H2,1-2H3. The van der Waals surface area contributed by atoms with Crippen LogP contribution in [0.2, 0.25) is 0 Å². The molecule has 19 heavy (non-hydrogen) atoms. The minimum atomic E-state index is 0.0650. The minimum Gasteiger partial charge on any atom is -0.497 e. The number of hydrogen-bond acceptors (Lipinski definition) is 2. The van der Waals surface area contributed by atoms with Crippen molar-refractivity contribution in [3.05, 3.63) is 50.1 Å². The lowest BCUT2D eigenvalue weighted by Crippen LogP contribution is -1.93. The number of ether oxygens (including phenoxy) is 1. The summed E-state index contributed by atoms with van der Waals surface area (Å²) in [7, 11) is 1.68. The quantitative estimate of drug-likeness (QED) is 0.618.